The van der Waals surface area contributed by atoms with Gasteiger partial charge in [-0.15, -0.1) is 0 Å². The fourth-order valence-electron chi connectivity index (χ4n) is 3.96. The van der Waals surface area contributed by atoms with Crippen LogP contribution in [0.2, 0.25) is 0 Å². The van der Waals surface area contributed by atoms with Crippen molar-refractivity contribution in [2.75, 3.05) is 23.8 Å². The summed E-state index contributed by atoms with van der Waals surface area (Å²) in [6.07, 6.45) is 0. The normalized spacial score (nSPS) is 23.2. The number of carbonyl (C=O) groups is 4. The lowest BCUT2D eigenvalue weighted by atomic mass is 9.86. The number of fused-ring (bicyclic) bond motifs is 2. The molecule has 0 bridgehead atoms. The van der Waals surface area contributed by atoms with Crippen LogP contribution in [-0.2, 0) is 28.7 Å². The number of nitrogens with one attached hydrogen (secondary N) is 2. The molecule has 178 valence electrons. The number of esters is 2. The Bertz CT molecular complexity index is 1120. The minimum Gasteiger partial charge on any atom is -0.464 e. The lowest BCUT2D eigenvalue weighted by molar-refractivity contribution is -0.160. The van der Waals surface area contributed by atoms with Gasteiger partial charge in [-0.3, -0.25) is 9.59 Å². The van der Waals surface area contributed by atoms with Gasteiger partial charge < -0.3 is 20.1 Å². The van der Waals surface area contributed by atoms with E-state index in [-0.39, 0.29) is 13.2 Å². The van der Waals surface area contributed by atoms with Crippen LogP contribution in [0.25, 0.3) is 0 Å². The number of rotatable bonds is 5. The van der Waals surface area contributed by atoms with E-state index in [0.29, 0.717) is 21.2 Å². The molecule has 2 unspecified atom stereocenters. The van der Waals surface area contributed by atoms with Gasteiger partial charge in [-0.1, -0.05) is 35.7 Å². The van der Waals surface area contributed by atoms with Crippen molar-refractivity contribution in [2.45, 2.75) is 47.0 Å². The first kappa shape index (κ1) is 24.2. The monoisotopic (exact) mass is 500 g/mol. The predicted octanol–water partition coefficient (Wildman–Crippen LogP) is 3.70. The Balaban J connectivity index is 2.02. The first-order valence-electron chi connectivity index (χ1n) is 10.8. The third kappa shape index (κ3) is 3.56. The predicted molar refractivity (Wildman–Crippen MR) is 130 cm³/mol. The molecule has 0 fully saturated rings. The Labute approximate surface area is 205 Å². The summed E-state index contributed by atoms with van der Waals surface area (Å²) in [5.41, 5.74) is 2.73. The molecule has 4 rings (SSSR count). The number of hydrogen-bond acceptors (Lipinski definition) is 8. The second-order valence-electron chi connectivity index (χ2n) is 7.91. The summed E-state index contributed by atoms with van der Waals surface area (Å²) in [7, 11) is 0. The van der Waals surface area contributed by atoms with Gasteiger partial charge in [0.05, 0.1) is 24.6 Å². The molecule has 2 aliphatic heterocycles. The fraction of sp³-hybridized carbons (Fsp3) is 0.333. The van der Waals surface area contributed by atoms with E-state index in [1.165, 1.54) is 0 Å². The van der Waals surface area contributed by atoms with Crippen molar-refractivity contribution in [3.8, 4) is 0 Å². The number of ether oxygens (including phenoxy) is 2. The molecule has 10 heteroatoms. The Hall–Kier alpha value is -2.98. The van der Waals surface area contributed by atoms with Crippen LogP contribution in [0.4, 0.5) is 11.4 Å². The highest BCUT2D eigenvalue weighted by Crippen LogP contribution is 2.58. The largest absolute Gasteiger partial charge is 0.464 e. The number of aryl methyl sites for hydroxylation is 2. The van der Waals surface area contributed by atoms with Crippen LogP contribution < -0.4 is 10.6 Å². The Morgan fingerprint density at radius 1 is 0.765 bits per heavy atom. The first-order valence-corrected chi connectivity index (χ1v) is 12.4. The summed E-state index contributed by atoms with van der Waals surface area (Å²) in [6, 6.07) is 10.6. The number of carbonyl (C=O) groups excluding carboxylic acids is 4. The van der Waals surface area contributed by atoms with Gasteiger partial charge in [-0.2, -0.15) is 0 Å². The lowest BCUT2D eigenvalue weighted by Crippen LogP contribution is -2.72. The molecule has 0 aliphatic carbocycles. The van der Waals surface area contributed by atoms with Gasteiger partial charge >= 0.3 is 11.9 Å². The van der Waals surface area contributed by atoms with Crippen molar-refractivity contribution in [1.29, 1.82) is 0 Å². The lowest BCUT2D eigenvalue weighted by Gasteiger charge is -2.46. The Kier molecular flexibility index (Phi) is 6.39. The first-order chi connectivity index (χ1) is 16.2. The molecule has 0 saturated carbocycles. The summed E-state index contributed by atoms with van der Waals surface area (Å²) in [5.74, 6) is -3.62. The zero-order chi connectivity index (χ0) is 24.7. The van der Waals surface area contributed by atoms with Crippen molar-refractivity contribution in [3.05, 3.63) is 47.5 Å². The molecule has 0 spiro atoms. The minimum atomic E-state index is -2.29. The molecule has 8 nitrogen and oxygen atoms in total. The molecule has 2 aromatic carbocycles. The van der Waals surface area contributed by atoms with Gasteiger partial charge in [0.1, 0.15) is 0 Å². The molecule has 34 heavy (non-hydrogen) atoms. The van der Waals surface area contributed by atoms with Gasteiger partial charge in [0.25, 0.3) is 11.8 Å². The minimum absolute atomic E-state index is 0.0457. The standard InChI is InChI=1S/C24H24N2O6S2/c1-5-31-21(29)23(19(27)25-15-9-7-13(3)11-17(15)33-23)24(22(30)32-6-2)20(28)26-16-10-8-14(4)12-18(16)34-24/h7-12H,5-6H2,1-4H3,(H,25,27)(H,26,28). The summed E-state index contributed by atoms with van der Waals surface area (Å²) >= 11 is 1.70. The van der Waals surface area contributed by atoms with Crippen LogP contribution in [0.15, 0.2) is 46.2 Å². The van der Waals surface area contributed by atoms with Crippen molar-refractivity contribution in [2.24, 2.45) is 0 Å². The second-order valence-corrected chi connectivity index (χ2v) is 10.4. The molecular formula is C24H24N2O6S2. The summed E-state index contributed by atoms with van der Waals surface area (Å²) in [4.78, 5) is 56.0. The number of benzene rings is 2. The number of amides is 2. The average molecular weight is 501 g/mol. The number of thioether (sulfide) groups is 2. The number of hydrogen-bond donors (Lipinski definition) is 2. The third-order valence-electron chi connectivity index (χ3n) is 5.56. The van der Waals surface area contributed by atoms with E-state index in [1.54, 1.807) is 38.1 Å². The second kappa shape index (κ2) is 8.99. The maximum absolute atomic E-state index is 13.8. The quantitative estimate of drug-likeness (QED) is 0.472. The summed E-state index contributed by atoms with van der Waals surface area (Å²) < 4.78 is 6.12. The molecule has 2 aliphatic rings. The van der Waals surface area contributed by atoms with E-state index < -0.39 is 33.2 Å². The summed E-state index contributed by atoms with van der Waals surface area (Å²) in [5, 5.41) is 5.46. The van der Waals surface area contributed by atoms with Crippen LogP contribution in [0.5, 0.6) is 0 Å². The van der Waals surface area contributed by atoms with Gasteiger partial charge in [0, 0.05) is 9.79 Å². The molecule has 2 amide bonds. The molecule has 2 atom stereocenters. The Morgan fingerprint density at radius 3 is 1.50 bits per heavy atom. The highest BCUT2D eigenvalue weighted by Gasteiger charge is 2.75. The summed E-state index contributed by atoms with van der Waals surface area (Å²) in [6.45, 7) is 6.83. The molecule has 2 N–H and O–H groups in total. The van der Waals surface area contributed by atoms with E-state index in [1.807, 2.05) is 26.0 Å². The van der Waals surface area contributed by atoms with Gasteiger partial charge in [-0.25, -0.2) is 9.59 Å². The van der Waals surface area contributed by atoms with Crippen LogP contribution in [0.1, 0.15) is 25.0 Å². The van der Waals surface area contributed by atoms with Crippen LogP contribution >= 0.6 is 23.5 Å². The zero-order valence-corrected chi connectivity index (χ0v) is 20.8. The smallest absolute Gasteiger partial charge is 0.335 e. The van der Waals surface area contributed by atoms with Crippen molar-refractivity contribution >= 4 is 58.7 Å². The topological polar surface area (TPSA) is 111 Å². The molecule has 0 aromatic heterocycles. The van der Waals surface area contributed by atoms with Crippen LogP contribution in [0, 0.1) is 13.8 Å². The van der Waals surface area contributed by atoms with Crippen LogP contribution in [0.3, 0.4) is 0 Å². The van der Waals surface area contributed by atoms with Crippen molar-refractivity contribution in [3.63, 3.8) is 0 Å². The molecule has 2 aromatic rings. The highest BCUT2D eigenvalue weighted by atomic mass is 32.2. The van der Waals surface area contributed by atoms with Gasteiger partial charge in [0.15, 0.2) is 0 Å². The van der Waals surface area contributed by atoms with E-state index >= 15 is 0 Å². The van der Waals surface area contributed by atoms with E-state index in [2.05, 4.69) is 10.6 Å². The SMILES string of the molecule is CCOC(=O)C1(C2(C(=O)OCC)Sc3cc(C)ccc3NC2=O)Sc2cc(C)ccc2NC1=O. The average Bonchev–Trinajstić information content (AvgIpc) is 2.79. The maximum atomic E-state index is 13.8. The molecule has 0 saturated heterocycles. The van der Waals surface area contributed by atoms with Crippen molar-refractivity contribution < 1.29 is 28.7 Å². The van der Waals surface area contributed by atoms with E-state index in [4.69, 9.17) is 9.47 Å². The molecule has 2 heterocycles. The maximum Gasteiger partial charge on any atom is 0.335 e. The van der Waals surface area contributed by atoms with E-state index in [0.717, 1.165) is 34.7 Å². The van der Waals surface area contributed by atoms with E-state index in [9.17, 15) is 19.2 Å². The fourth-order valence-corrected chi connectivity index (χ4v) is 7.03. The van der Waals surface area contributed by atoms with Gasteiger partial charge in [0.2, 0.25) is 9.49 Å². The highest BCUT2D eigenvalue weighted by molar-refractivity contribution is 8.07. The van der Waals surface area contributed by atoms with Crippen LogP contribution in [-0.4, -0.2) is 46.5 Å². The molecular weight excluding hydrogens is 476 g/mol. The Morgan fingerprint density at radius 2 is 1.15 bits per heavy atom. The zero-order valence-electron chi connectivity index (χ0n) is 19.1. The molecule has 0 radical (unpaired) electrons. The third-order valence-corrected chi connectivity index (χ3v) is 8.73. The van der Waals surface area contributed by atoms with Crippen molar-refractivity contribution in [1.82, 2.24) is 0 Å². The number of anilines is 2. The van der Waals surface area contributed by atoms with Gasteiger partial charge in [-0.05, 0) is 63.1 Å².